The Kier molecular flexibility index (Phi) is 3.78. The van der Waals surface area contributed by atoms with Crippen LogP contribution in [-0.2, 0) is 4.79 Å². The van der Waals surface area contributed by atoms with E-state index in [0.29, 0.717) is 24.3 Å². The third-order valence-electron chi connectivity index (χ3n) is 3.21. The summed E-state index contributed by atoms with van der Waals surface area (Å²) in [6, 6.07) is 4.89. The van der Waals surface area contributed by atoms with Gasteiger partial charge >= 0.3 is 5.97 Å². The van der Waals surface area contributed by atoms with Crippen molar-refractivity contribution in [3.8, 4) is 6.07 Å². The number of aromatic nitrogens is 1. The molecule has 1 aromatic heterocycles. The Hall–Kier alpha value is -2.09. The molecule has 1 fully saturated rings. The van der Waals surface area contributed by atoms with E-state index >= 15 is 0 Å². The Morgan fingerprint density at radius 2 is 2.28 bits per heavy atom. The minimum atomic E-state index is -0.803. The zero-order valence-electron chi connectivity index (χ0n) is 10.0. The lowest BCUT2D eigenvalue weighted by Crippen LogP contribution is -2.41. The van der Waals surface area contributed by atoms with Crippen molar-refractivity contribution in [3.05, 3.63) is 23.9 Å². The molecule has 0 saturated carbocycles. The highest BCUT2D eigenvalue weighted by Gasteiger charge is 2.27. The molecule has 0 bridgehead atoms. The highest BCUT2D eigenvalue weighted by Crippen LogP contribution is 2.22. The molecule has 1 aliphatic rings. The second kappa shape index (κ2) is 5.50. The van der Waals surface area contributed by atoms with Gasteiger partial charge in [-0.3, -0.25) is 0 Å². The molecule has 0 aliphatic carbocycles. The van der Waals surface area contributed by atoms with E-state index < -0.39 is 12.0 Å². The Morgan fingerprint density at radius 1 is 1.44 bits per heavy atom. The van der Waals surface area contributed by atoms with Crippen LogP contribution in [-0.4, -0.2) is 28.6 Å². The van der Waals surface area contributed by atoms with E-state index in [1.165, 1.54) is 6.20 Å². The number of anilines is 1. The van der Waals surface area contributed by atoms with Crippen LogP contribution in [0, 0.1) is 11.3 Å². The van der Waals surface area contributed by atoms with E-state index in [-0.39, 0.29) is 0 Å². The second-order valence-electron chi connectivity index (χ2n) is 4.41. The fourth-order valence-corrected chi connectivity index (χ4v) is 2.26. The Bertz CT molecular complexity index is 464. The summed E-state index contributed by atoms with van der Waals surface area (Å²) in [7, 11) is 0. The standard InChI is InChI=1S/C13H15N3O2/c14-8-10-5-6-12(15-9-10)16-7-3-1-2-4-11(16)13(17)18/h5-6,9,11H,1-4,7H2,(H,17,18). The summed E-state index contributed by atoms with van der Waals surface area (Å²) in [5.41, 5.74) is 0.487. The number of aliphatic carboxylic acids is 1. The maximum Gasteiger partial charge on any atom is 0.326 e. The summed E-state index contributed by atoms with van der Waals surface area (Å²) in [5.74, 6) is -0.161. The average Bonchev–Trinajstić information content (AvgIpc) is 2.64. The Morgan fingerprint density at radius 3 is 2.89 bits per heavy atom. The molecular weight excluding hydrogens is 230 g/mol. The van der Waals surface area contributed by atoms with Gasteiger partial charge in [0, 0.05) is 12.7 Å². The molecule has 1 unspecified atom stereocenters. The topological polar surface area (TPSA) is 77.2 Å². The third-order valence-corrected chi connectivity index (χ3v) is 3.21. The van der Waals surface area contributed by atoms with E-state index in [1.54, 1.807) is 12.1 Å². The van der Waals surface area contributed by atoms with Crippen LogP contribution in [0.25, 0.3) is 0 Å². The molecule has 0 spiro atoms. The average molecular weight is 245 g/mol. The number of nitriles is 1. The lowest BCUT2D eigenvalue weighted by Gasteiger charge is -2.27. The zero-order chi connectivity index (χ0) is 13.0. The van der Waals surface area contributed by atoms with E-state index in [2.05, 4.69) is 4.98 Å². The van der Waals surface area contributed by atoms with Gasteiger partial charge in [-0.2, -0.15) is 5.26 Å². The third kappa shape index (κ3) is 2.59. The predicted octanol–water partition coefficient (Wildman–Crippen LogP) is 1.79. The fraction of sp³-hybridized carbons (Fsp3) is 0.462. The molecule has 2 heterocycles. The van der Waals surface area contributed by atoms with Crippen molar-refractivity contribution in [2.75, 3.05) is 11.4 Å². The molecule has 5 heteroatoms. The minimum absolute atomic E-state index is 0.487. The first kappa shape index (κ1) is 12.4. The van der Waals surface area contributed by atoms with Crippen LogP contribution in [0.15, 0.2) is 18.3 Å². The van der Waals surface area contributed by atoms with Crippen molar-refractivity contribution < 1.29 is 9.90 Å². The molecule has 5 nitrogen and oxygen atoms in total. The van der Waals surface area contributed by atoms with Crippen LogP contribution in [0.5, 0.6) is 0 Å². The monoisotopic (exact) mass is 245 g/mol. The Labute approximate surface area is 106 Å². The van der Waals surface area contributed by atoms with Crippen molar-refractivity contribution in [2.45, 2.75) is 31.7 Å². The Balaban J connectivity index is 2.26. The van der Waals surface area contributed by atoms with Gasteiger partial charge in [-0.25, -0.2) is 9.78 Å². The van der Waals surface area contributed by atoms with Crippen LogP contribution in [0.3, 0.4) is 0 Å². The second-order valence-corrected chi connectivity index (χ2v) is 4.41. The van der Waals surface area contributed by atoms with E-state index in [9.17, 15) is 9.90 Å². The van der Waals surface area contributed by atoms with Crippen LogP contribution in [0.1, 0.15) is 31.2 Å². The summed E-state index contributed by atoms with van der Waals surface area (Å²) in [6.07, 6.45) is 5.10. The van der Waals surface area contributed by atoms with E-state index in [1.807, 2.05) is 11.0 Å². The first-order valence-corrected chi connectivity index (χ1v) is 6.08. The molecule has 94 valence electrons. The largest absolute Gasteiger partial charge is 0.480 e. The summed E-state index contributed by atoms with van der Waals surface area (Å²) < 4.78 is 0. The van der Waals surface area contributed by atoms with Gasteiger partial charge in [0.1, 0.15) is 17.9 Å². The number of carboxylic acids is 1. The molecule has 1 aromatic rings. The molecule has 1 N–H and O–H groups in total. The first-order valence-electron chi connectivity index (χ1n) is 6.08. The molecular formula is C13H15N3O2. The van der Waals surface area contributed by atoms with Gasteiger partial charge in [0.2, 0.25) is 0 Å². The quantitative estimate of drug-likeness (QED) is 0.859. The van der Waals surface area contributed by atoms with Crippen LogP contribution in [0.2, 0.25) is 0 Å². The molecule has 1 saturated heterocycles. The number of nitrogens with zero attached hydrogens (tertiary/aromatic N) is 3. The van der Waals surface area contributed by atoms with Crippen molar-refractivity contribution in [1.82, 2.24) is 4.98 Å². The van der Waals surface area contributed by atoms with Crippen molar-refractivity contribution in [2.24, 2.45) is 0 Å². The summed E-state index contributed by atoms with van der Waals surface area (Å²) >= 11 is 0. The fourth-order valence-electron chi connectivity index (χ4n) is 2.26. The van der Waals surface area contributed by atoms with Gasteiger partial charge in [-0.05, 0) is 25.0 Å². The van der Waals surface area contributed by atoms with Gasteiger partial charge in [0.25, 0.3) is 0 Å². The van der Waals surface area contributed by atoms with E-state index in [0.717, 1.165) is 19.3 Å². The number of carbonyl (C=O) groups is 1. The maximum absolute atomic E-state index is 11.3. The summed E-state index contributed by atoms with van der Waals surface area (Å²) in [6.45, 7) is 0.704. The molecule has 1 atom stereocenters. The number of hydrogen-bond acceptors (Lipinski definition) is 4. The highest BCUT2D eigenvalue weighted by atomic mass is 16.4. The van der Waals surface area contributed by atoms with Crippen molar-refractivity contribution in [1.29, 1.82) is 5.26 Å². The van der Waals surface area contributed by atoms with Gasteiger partial charge in [0.05, 0.1) is 5.56 Å². The number of hydrogen-bond donors (Lipinski definition) is 1. The van der Waals surface area contributed by atoms with E-state index in [4.69, 9.17) is 5.26 Å². The minimum Gasteiger partial charge on any atom is -0.480 e. The lowest BCUT2D eigenvalue weighted by atomic mass is 10.1. The lowest BCUT2D eigenvalue weighted by molar-refractivity contribution is -0.138. The summed E-state index contributed by atoms with van der Waals surface area (Å²) in [4.78, 5) is 17.3. The van der Waals surface area contributed by atoms with Gasteiger partial charge < -0.3 is 10.0 Å². The summed E-state index contributed by atoms with van der Waals surface area (Å²) in [5, 5.41) is 18.0. The highest BCUT2D eigenvalue weighted by molar-refractivity contribution is 5.77. The zero-order valence-corrected chi connectivity index (χ0v) is 10.0. The van der Waals surface area contributed by atoms with Crippen molar-refractivity contribution in [3.63, 3.8) is 0 Å². The molecule has 2 rings (SSSR count). The first-order chi connectivity index (χ1) is 8.72. The SMILES string of the molecule is N#Cc1ccc(N2CCCCCC2C(=O)O)nc1. The normalized spacial score (nSPS) is 19.9. The molecule has 0 amide bonds. The predicted molar refractivity (Wildman–Crippen MR) is 66.2 cm³/mol. The van der Waals surface area contributed by atoms with Crippen LogP contribution >= 0.6 is 0 Å². The van der Waals surface area contributed by atoms with Gasteiger partial charge in [-0.15, -0.1) is 0 Å². The molecule has 0 aromatic carbocycles. The van der Waals surface area contributed by atoms with Crippen LogP contribution < -0.4 is 4.90 Å². The number of rotatable bonds is 2. The number of pyridine rings is 1. The molecule has 0 radical (unpaired) electrons. The maximum atomic E-state index is 11.3. The van der Waals surface area contributed by atoms with Crippen LogP contribution in [0.4, 0.5) is 5.82 Å². The number of carboxylic acid groups (broad SMARTS) is 1. The molecule has 18 heavy (non-hydrogen) atoms. The molecule has 1 aliphatic heterocycles. The van der Waals surface area contributed by atoms with Gasteiger partial charge in [-0.1, -0.05) is 12.8 Å². The van der Waals surface area contributed by atoms with Crippen molar-refractivity contribution >= 4 is 11.8 Å². The van der Waals surface area contributed by atoms with Gasteiger partial charge in [0.15, 0.2) is 0 Å². The smallest absolute Gasteiger partial charge is 0.326 e.